The highest BCUT2D eigenvalue weighted by molar-refractivity contribution is 14.0. The number of nitrogens with one attached hydrogen (secondary N) is 2. The summed E-state index contributed by atoms with van der Waals surface area (Å²) >= 11 is 6.02. The summed E-state index contributed by atoms with van der Waals surface area (Å²) in [5.41, 5.74) is 6.48. The molecule has 1 aromatic carbocycles. The van der Waals surface area contributed by atoms with Gasteiger partial charge in [0.15, 0.2) is 5.96 Å². The maximum atomic E-state index is 11.6. The Morgan fingerprint density at radius 1 is 1.48 bits per heavy atom. The van der Waals surface area contributed by atoms with E-state index in [1.54, 1.807) is 25.3 Å². The Bertz CT molecular complexity index is 540. The smallest absolute Gasteiger partial charge is 0.222 e. The quantitative estimate of drug-likeness (QED) is 0.336. The molecule has 8 heteroatoms. The van der Waals surface area contributed by atoms with Crippen LogP contribution in [0.25, 0.3) is 0 Å². The van der Waals surface area contributed by atoms with Gasteiger partial charge < -0.3 is 21.1 Å². The Morgan fingerprint density at radius 3 is 2.74 bits per heavy atom. The summed E-state index contributed by atoms with van der Waals surface area (Å²) < 4.78 is 5.07. The van der Waals surface area contributed by atoms with Crippen molar-refractivity contribution >= 4 is 53.1 Å². The van der Waals surface area contributed by atoms with E-state index in [1.807, 2.05) is 13.8 Å². The number of hydrogen-bond donors (Lipinski definition) is 3. The SMILES string of the molecule is CCC(C)NC(=O)CCN=C(N)Nc1ccc(OC)c(Cl)c1.I. The second-order valence-corrected chi connectivity index (χ2v) is 5.28. The fraction of sp³-hybridized carbons (Fsp3) is 0.467. The Morgan fingerprint density at radius 2 is 2.17 bits per heavy atom. The maximum absolute atomic E-state index is 11.6. The molecule has 6 nitrogen and oxygen atoms in total. The number of hydrogen-bond acceptors (Lipinski definition) is 3. The average Bonchev–Trinajstić information content (AvgIpc) is 2.47. The fourth-order valence-corrected chi connectivity index (χ4v) is 1.92. The van der Waals surface area contributed by atoms with Gasteiger partial charge in [-0.15, -0.1) is 24.0 Å². The van der Waals surface area contributed by atoms with E-state index in [-0.39, 0.29) is 41.9 Å². The largest absolute Gasteiger partial charge is 0.495 e. The number of methoxy groups -OCH3 is 1. The van der Waals surface area contributed by atoms with Crippen LogP contribution in [-0.4, -0.2) is 31.6 Å². The lowest BCUT2D eigenvalue weighted by Gasteiger charge is -2.11. The maximum Gasteiger partial charge on any atom is 0.222 e. The zero-order chi connectivity index (χ0) is 16.5. The number of nitrogens with zero attached hydrogens (tertiary/aromatic N) is 1. The van der Waals surface area contributed by atoms with Crippen LogP contribution in [0.4, 0.5) is 5.69 Å². The number of anilines is 1. The molecular formula is C15H24ClIN4O2. The second kappa shape index (κ2) is 11.3. The molecule has 1 amide bonds. The van der Waals surface area contributed by atoms with Crippen molar-refractivity contribution in [3.8, 4) is 5.75 Å². The van der Waals surface area contributed by atoms with Crippen LogP contribution in [0.5, 0.6) is 5.75 Å². The van der Waals surface area contributed by atoms with Crippen molar-refractivity contribution in [3.63, 3.8) is 0 Å². The summed E-state index contributed by atoms with van der Waals surface area (Å²) in [4.78, 5) is 15.7. The van der Waals surface area contributed by atoms with Crippen LogP contribution in [0.1, 0.15) is 26.7 Å². The van der Waals surface area contributed by atoms with Gasteiger partial charge >= 0.3 is 0 Å². The molecule has 130 valence electrons. The molecule has 0 fully saturated rings. The van der Waals surface area contributed by atoms with Gasteiger partial charge in [0.05, 0.1) is 18.7 Å². The molecule has 0 aliphatic rings. The first-order valence-corrected chi connectivity index (χ1v) is 7.53. The van der Waals surface area contributed by atoms with Crippen LogP contribution in [0.15, 0.2) is 23.2 Å². The van der Waals surface area contributed by atoms with Gasteiger partial charge in [0.25, 0.3) is 0 Å². The predicted octanol–water partition coefficient (Wildman–Crippen LogP) is 3.00. The van der Waals surface area contributed by atoms with Crippen LogP contribution < -0.4 is 21.1 Å². The van der Waals surface area contributed by atoms with Crippen LogP contribution in [-0.2, 0) is 4.79 Å². The molecule has 4 N–H and O–H groups in total. The third-order valence-corrected chi connectivity index (χ3v) is 3.36. The van der Waals surface area contributed by atoms with E-state index in [1.165, 1.54) is 0 Å². The Balaban J connectivity index is 0.00000484. The molecule has 0 saturated heterocycles. The minimum Gasteiger partial charge on any atom is -0.495 e. The lowest BCUT2D eigenvalue weighted by Crippen LogP contribution is -2.32. The van der Waals surface area contributed by atoms with Crippen molar-refractivity contribution in [2.75, 3.05) is 19.0 Å². The van der Waals surface area contributed by atoms with E-state index in [0.29, 0.717) is 29.4 Å². The van der Waals surface area contributed by atoms with Crippen molar-refractivity contribution in [1.29, 1.82) is 0 Å². The molecule has 1 rings (SSSR count). The van der Waals surface area contributed by atoms with Crippen molar-refractivity contribution in [2.24, 2.45) is 10.7 Å². The van der Waals surface area contributed by atoms with E-state index in [4.69, 9.17) is 22.1 Å². The second-order valence-electron chi connectivity index (χ2n) is 4.87. The first-order valence-electron chi connectivity index (χ1n) is 7.16. The molecule has 1 unspecified atom stereocenters. The summed E-state index contributed by atoms with van der Waals surface area (Å²) in [7, 11) is 1.55. The standard InChI is InChI=1S/C15H23ClN4O2.HI/c1-4-10(2)19-14(21)7-8-18-15(17)20-11-5-6-13(22-3)12(16)9-11;/h5-6,9-10H,4,7-8H2,1-3H3,(H,19,21)(H3,17,18,20);1H. The minimum absolute atomic E-state index is 0. The number of ether oxygens (including phenoxy) is 1. The zero-order valence-corrected chi connectivity index (χ0v) is 16.6. The summed E-state index contributed by atoms with van der Waals surface area (Å²) in [5.74, 6) is 0.792. The molecule has 0 aliphatic carbocycles. The van der Waals surface area contributed by atoms with Crippen LogP contribution in [0.2, 0.25) is 5.02 Å². The minimum atomic E-state index is -0.0293. The van der Waals surface area contributed by atoms with E-state index >= 15 is 0 Å². The third kappa shape index (κ3) is 8.26. The van der Waals surface area contributed by atoms with E-state index in [0.717, 1.165) is 6.42 Å². The number of nitrogens with two attached hydrogens (primary N) is 1. The first kappa shape index (κ1) is 21.8. The lowest BCUT2D eigenvalue weighted by molar-refractivity contribution is -0.121. The molecule has 0 spiro atoms. The highest BCUT2D eigenvalue weighted by atomic mass is 127. The normalized spacial score (nSPS) is 12.1. The van der Waals surface area contributed by atoms with Crippen LogP contribution in [0, 0.1) is 0 Å². The van der Waals surface area contributed by atoms with E-state index < -0.39 is 0 Å². The molecule has 1 aromatic rings. The highest BCUT2D eigenvalue weighted by Gasteiger charge is 2.05. The molecule has 0 aromatic heterocycles. The lowest BCUT2D eigenvalue weighted by atomic mass is 10.2. The number of aliphatic imine (C=N–C) groups is 1. The fourth-order valence-electron chi connectivity index (χ4n) is 1.66. The van der Waals surface area contributed by atoms with Gasteiger partial charge in [-0.2, -0.15) is 0 Å². The number of carbonyl (C=O) groups is 1. The topological polar surface area (TPSA) is 88.7 Å². The number of amides is 1. The third-order valence-electron chi connectivity index (χ3n) is 3.06. The monoisotopic (exact) mass is 454 g/mol. The molecular weight excluding hydrogens is 431 g/mol. The number of benzene rings is 1. The highest BCUT2D eigenvalue weighted by Crippen LogP contribution is 2.26. The number of halogens is 2. The molecule has 0 radical (unpaired) electrons. The zero-order valence-electron chi connectivity index (χ0n) is 13.6. The Kier molecular flexibility index (Phi) is 10.7. The summed E-state index contributed by atoms with van der Waals surface area (Å²) in [6, 6.07) is 5.38. The van der Waals surface area contributed by atoms with Crippen LogP contribution in [0.3, 0.4) is 0 Å². The molecule has 0 heterocycles. The molecule has 0 bridgehead atoms. The van der Waals surface area contributed by atoms with Crippen molar-refractivity contribution < 1.29 is 9.53 Å². The van der Waals surface area contributed by atoms with Gasteiger partial charge in [0, 0.05) is 18.2 Å². The Hall–Kier alpha value is -1.22. The van der Waals surface area contributed by atoms with Gasteiger partial charge in [-0.25, -0.2) is 0 Å². The van der Waals surface area contributed by atoms with Crippen molar-refractivity contribution in [2.45, 2.75) is 32.7 Å². The van der Waals surface area contributed by atoms with Crippen LogP contribution >= 0.6 is 35.6 Å². The van der Waals surface area contributed by atoms with Gasteiger partial charge in [0.2, 0.25) is 5.91 Å². The predicted molar refractivity (Wildman–Crippen MR) is 106 cm³/mol. The van der Waals surface area contributed by atoms with E-state index in [2.05, 4.69) is 15.6 Å². The summed E-state index contributed by atoms with van der Waals surface area (Å²) in [6.45, 7) is 4.31. The Labute approximate surface area is 159 Å². The first-order chi connectivity index (χ1) is 10.5. The van der Waals surface area contributed by atoms with Gasteiger partial charge in [-0.3, -0.25) is 9.79 Å². The van der Waals surface area contributed by atoms with Gasteiger partial charge in [-0.05, 0) is 31.5 Å². The van der Waals surface area contributed by atoms with Crippen molar-refractivity contribution in [3.05, 3.63) is 23.2 Å². The van der Waals surface area contributed by atoms with Crippen molar-refractivity contribution in [1.82, 2.24) is 5.32 Å². The summed E-state index contributed by atoms with van der Waals surface area (Å²) in [6.07, 6.45) is 1.20. The number of guanidine groups is 1. The average molecular weight is 455 g/mol. The van der Waals surface area contributed by atoms with Gasteiger partial charge in [0.1, 0.15) is 5.75 Å². The molecule has 0 aliphatic heterocycles. The van der Waals surface area contributed by atoms with E-state index in [9.17, 15) is 4.79 Å². The molecule has 23 heavy (non-hydrogen) atoms. The number of rotatable bonds is 7. The molecule has 0 saturated carbocycles. The molecule has 1 atom stereocenters. The number of carbonyl (C=O) groups excluding carboxylic acids is 1. The van der Waals surface area contributed by atoms with Gasteiger partial charge in [-0.1, -0.05) is 18.5 Å². The summed E-state index contributed by atoms with van der Waals surface area (Å²) in [5, 5.41) is 6.27.